The van der Waals surface area contributed by atoms with Crippen LogP contribution in [0.5, 0.6) is 0 Å². The van der Waals surface area contributed by atoms with Gasteiger partial charge in [-0.2, -0.15) is 0 Å². The number of aromatic nitrogens is 4. The summed E-state index contributed by atoms with van der Waals surface area (Å²) in [7, 11) is 0. The van der Waals surface area contributed by atoms with Gasteiger partial charge >= 0.3 is 0 Å². The molecule has 2 heterocycles. The highest BCUT2D eigenvalue weighted by atomic mass is 16.5. The molecule has 1 amide bonds. The molecule has 2 atom stereocenters. The lowest BCUT2D eigenvalue weighted by Gasteiger charge is -2.31. The van der Waals surface area contributed by atoms with Crippen LogP contribution in [0.25, 0.3) is 0 Å². The number of allylic oxidation sites excluding steroid dienone is 1. The molecule has 2 rings (SSSR count). The van der Waals surface area contributed by atoms with E-state index in [-0.39, 0.29) is 18.1 Å². The van der Waals surface area contributed by atoms with Gasteiger partial charge in [-0.05, 0) is 37.6 Å². The highest BCUT2D eigenvalue weighted by molar-refractivity contribution is 5.76. The Balaban J connectivity index is 1.79. The molecule has 0 radical (unpaired) electrons. The van der Waals surface area contributed by atoms with Gasteiger partial charge in [-0.3, -0.25) is 4.79 Å². The summed E-state index contributed by atoms with van der Waals surface area (Å²) in [6.07, 6.45) is 3.13. The van der Waals surface area contributed by atoms with E-state index in [4.69, 9.17) is 9.47 Å². The van der Waals surface area contributed by atoms with Gasteiger partial charge in [0.05, 0.1) is 31.9 Å². The van der Waals surface area contributed by atoms with Crippen molar-refractivity contribution in [2.75, 3.05) is 19.8 Å². The monoisotopic (exact) mass is 323 g/mol. The third-order valence-electron chi connectivity index (χ3n) is 3.70. The van der Waals surface area contributed by atoms with Gasteiger partial charge in [0.15, 0.2) is 0 Å². The fourth-order valence-corrected chi connectivity index (χ4v) is 2.33. The standard InChI is InChI=1S/C15H25N5O3/c1-11(2)5-9-23-14-6-8-22-10-13(14)16-15(21)4-7-20-12(3)17-18-19-20/h5,13-14H,4,6-10H2,1-3H3,(H,16,21). The van der Waals surface area contributed by atoms with Crippen LogP contribution in [0.15, 0.2) is 11.6 Å². The summed E-state index contributed by atoms with van der Waals surface area (Å²) >= 11 is 0. The van der Waals surface area contributed by atoms with Crippen molar-refractivity contribution in [3.63, 3.8) is 0 Å². The van der Waals surface area contributed by atoms with E-state index < -0.39 is 0 Å². The maximum Gasteiger partial charge on any atom is 0.222 e. The highest BCUT2D eigenvalue weighted by Crippen LogP contribution is 2.12. The van der Waals surface area contributed by atoms with Crippen LogP contribution in [0.4, 0.5) is 0 Å². The van der Waals surface area contributed by atoms with Crippen molar-refractivity contribution in [3.8, 4) is 0 Å². The van der Waals surface area contributed by atoms with E-state index >= 15 is 0 Å². The van der Waals surface area contributed by atoms with Gasteiger partial charge in [0.2, 0.25) is 5.91 Å². The zero-order valence-electron chi connectivity index (χ0n) is 14.0. The third-order valence-corrected chi connectivity index (χ3v) is 3.70. The molecule has 0 bridgehead atoms. The maximum absolute atomic E-state index is 12.1. The minimum Gasteiger partial charge on any atom is -0.379 e. The SMILES string of the molecule is CC(C)=CCOC1CCOCC1NC(=O)CCn1nnnc1C. The van der Waals surface area contributed by atoms with Crippen LogP contribution in [0.1, 0.15) is 32.5 Å². The van der Waals surface area contributed by atoms with Crippen molar-refractivity contribution in [2.24, 2.45) is 0 Å². The topological polar surface area (TPSA) is 91.2 Å². The molecule has 1 aromatic rings. The molecular formula is C15H25N5O3. The molecule has 23 heavy (non-hydrogen) atoms. The van der Waals surface area contributed by atoms with Crippen LogP contribution in [0.3, 0.4) is 0 Å². The van der Waals surface area contributed by atoms with Gasteiger partial charge in [0, 0.05) is 13.0 Å². The van der Waals surface area contributed by atoms with Gasteiger partial charge in [-0.1, -0.05) is 11.6 Å². The highest BCUT2D eigenvalue weighted by Gasteiger charge is 2.27. The van der Waals surface area contributed by atoms with E-state index in [1.807, 2.05) is 19.9 Å². The van der Waals surface area contributed by atoms with Gasteiger partial charge in [-0.15, -0.1) is 5.10 Å². The molecule has 1 aliphatic rings. The fraction of sp³-hybridized carbons (Fsp3) is 0.733. The summed E-state index contributed by atoms with van der Waals surface area (Å²) in [6, 6.07) is -0.114. The average Bonchev–Trinajstić information content (AvgIpc) is 2.92. The van der Waals surface area contributed by atoms with E-state index in [1.54, 1.807) is 11.6 Å². The third kappa shape index (κ3) is 5.72. The molecule has 8 heteroatoms. The number of nitrogens with zero attached hydrogens (tertiary/aromatic N) is 4. The first-order chi connectivity index (χ1) is 11.1. The Morgan fingerprint density at radius 1 is 1.52 bits per heavy atom. The minimum atomic E-state index is -0.114. The summed E-state index contributed by atoms with van der Waals surface area (Å²) in [5, 5.41) is 14.2. The second-order valence-corrected chi connectivity index (χ2v) is 5.89. The van der Waals surface area contributed by atoms with Crippen LogP contribution in [0, 0.1) is 6.92 Å². The number of tetrazole rings is 1. The van der Waals surface area contributed by atoms with Crippen LogP contribution < -0.4 is 5.32 Å². The van der Waals surface area contributed by atoms with Gasteiger partial charge in [0.1, 0.15) is 5.82 Å². The number of hydrogen-bond donors (Lipinski definition) is 1. The predicted octanol–water partition coefficient (Wildman–Crippen LogP) is 0.628. The number of amides is 1. The van der Waals surface area contributed by atoms with Crippen molar-refractivity contribution >= 4 is 5.91 Å². The molecule has 1 fully saturated rings. The second kappa shape index (κ2) is 8.73. The molecule has 128 valence electrons. The predicted molar refractivity (Wildman–Crippen MR) is 83.7 cm³/mol. The minimum absolute atomic E-state index is 0.0157. The van der Waals surface area contributed by atoms with E-state index in [9.17, 15) is 4.79 Å². The Morgan fingerprint density at radius 2 is 2.35 bits per heavy atom. The normalized spacial score (nSPS) is 21.0. The van der Waals surface area contributed by atoms with Crippen LogP contribution in [-0.4, -0.2) is 58.1 Å². The molecular weight excluding hydrogens is 298 g/mol. The first kappa shape index (κ1) is 17.6. The van der Waals surface area contributed by atoms with Crippen molar-refractivity contribution in [1.82, 2.24) is 25.5 Å². The zero-order valence-corrected chi connectivity index (χ0v) is 14.0. The number of hydrogen-bond acceptors (Lipinski definition) is 6. The molecule has 2 unspecified atom stereocenters. The number of aryl methyl sites for hydroxylation is 2. The number of rotatable bonds is 7. The Bertz CT molecular complexity index is 539. The average molecular weight is 323 g/mol. The molecule has 1 N–H and O–H groups in total. The molecule has 0 aliphatic carbocycles. The van der Waals surface area contributed by atoms with E-state index in [0.717, 1.165) is 6.42 Å². The summed E-state index contributed by atoms with van der Waals surface area (Å²) in [5.41, 5.74) is 1.22. The van der Waals surface area contributed by atoms with Crippen molar-refractivity contribution in [2.45, 2.75) is 52.3 Å². The number of ether oxygens (including phenoxy) is 2. The van der Waals surface area contributed by atoms with E-state index in [0.29, 0.717) is 38.6 Å². The lowest BCUT2D eigenvalue weighted by atomic mass is 10.1. The van der Waals surface area contributed by atoms with Crippen molar-refractivity contribution < 1.29 is 14.3 Å². The second-order valence-electron chi connectivity index (χ2n) is 5.89. The Kier molecular flexibility index (Phi) is 6.66. The van der Waals surface area contributed by atoms with Crippen LogP contribution in [0.2, 0.25) is 0 Å². The number of nitrogens with one attached hydrogen (secondary N) is 1. The largest absolute Gasteiger partial charge is 0.379 e. The number of carbonyl (C=O) groups excluding carboxylic acids is 1. The Labute approximate surface area is 136 Å². The van der Waals surface area contributed by atoms with Gasteiger partial charge in [0.25, 0.3) is 0 Å². The lowest BCUT2D eigenvalue weighted by molar-refractivity contribution is -0.126. The first-order valence-corrected chi connectivity index (χ1v) is 7.91. The summed E-state index contributed by atoms with van der Waals surface area (Å²) < 4.78 is 12.9. The maximum atomic E-state index is 12.1. The van der Waals surface area contributed by atoms with Crippen molar-refractivity contribution in [1.29, 1.82) is 0 Å². The molecule has 1 saturated heterocycles. The van der Waals surface area contributed by atoms with Crippen LogP contribution >= 0.6 is 0 Å². The quantitative estimate of drug-likeness (QED) is 0.740. The summed E-state index contributed by atoms with van der Waals surface area (Å²) in [6.45, 7) is 8.04. The molecule has 0 saturated carbocycles. The number of carbonyl (C=O) groups is 1. The molecule has 8 nitrogen and oxygen atoms in total. The van der Waals surface area contributed by atoms with Gasteiger partial charge < -0.3 is 14.8 Å². The molecule has 1 aliphatic heterocycles. The van der Waals surface area contributed by atoms with Crippen LogP contribution in [-0.2, 0) is 20.8 Å². The van der Waals surface area contributed by atoms with E-state index in [1.165, 1.54) is 5.57 Å². The summed E-state index contributed by atoms with van der Waals surface area (Å²) in [4.78, 5) is 12.1. The zero-order chi connectivity index (χ0) is 16.7. The lowest BCUT2D eigenvalue weighted by Crippen LogP contribution is -2.50. The summed E-state index contributed by atoms with van der Waals surface area (Å²) in [5.74, 6) is 0.646. The Morgan fingerprint density at radius 3 is 3.04 bits per heavy atom. The smallest absolute Gasteiger partial charge is 0.222 e. The van der Waals surface area contributed by atoms with Gasteiger partial charge in [-0.25, -0.2) is 4.68 Å². The Hall–Kier alpha value is -1.80. The van der Waals surface area contributed by atoms with E-state index in [2.05, 4.69) is 20.8 Å². The molecule has 1 aromatic heterocycles. The fourth-order valence-electron chi connectivity index (χ4n) is 2.33. The first-order valence-electron chi connectivity index (χ1n) is 7.91. The molecule has 0 spiro atoms. The molecule has 0 aromatic carbocycles. The van der Waals surface area contributed by atoms with Crippen molar-refractivity contribution in [3.05, 3.63) is 17.5 Å².